The molecule has 0 aliphatic carbocycles. The van der Waals surface area contributed by atoms with Crippen molar-refractivity contribution in [3.63, 3.8) is 0 Å². The molecule has 27 heavy (non-hydrogen) atoms. The Labute approximate surface area is 157 Å². The fourth-order valence-electron chi connectivity index (χ4n) is 2.73. The smallest absolute Gasteiger partial charge is 0.262 e. The first-order chi connectivity index (χ1) is 13.0. The lowest BCUT2D eigenvalue weighted by molar-refractivity contribution is 0.102. The highest BCUT2D eigenvalue weighted by Crippen LogP contribution is 2.17. The van der Waals surface area contributed by atoms with Gasteiger partial charge in [-0.15, -0.1) is 0 Å². The topological polar surface area (TPSA) is 87.6 Å². The van der Waals surface area contributed by atoms with Crippen LogP contribution in [0.5, 0.6) is 0 Å². The third-order valence-electron chi connectivity index (χ3n) is 4.17. The molecule has 0 radical (unpaired) electrons. The number of carbonyl (C=O) groups excluding carboxylic acids is 1. The average Bonchev–Trinajstić information content (AvgIpc) is 2.90. The molecule has 142 valence electrons. The molecule has 0 spiro atoms. The van der Waals surface area contributed by atoms with E-state index in [1.165, 1.54) is 42.5 Å². The summed E-state index contributed by atoms with van der Waals surface area (Å²) in [7, 11) is -3.73. The summed E-state index contributed by atoms with van der Waals surface area (Å²) >= 11 is 0. The van der Waals surface area contributed by atoms with Crippen LogP contribution in [0.1, 0.15) is 36.0 Å². The molecule has 1 aliphatic rings. The minimum atomic E-state index is -3.73. The zero-order valence-corrected chi connectivity index (χ0v) is 15.4. The standard InChI is InChI=1S/C19H20FN3O3S/c20-17-7-4-3-6-16(17)19(24)22-14-9-11-15(12-10-14)27(25,26)23-18-8-2-1-5-13-21-18/h3-4,6-7,9-12H,1-2,5,8,13H2,(H,21,23)(H,22,24). The average molecular weight is 389 g/mol. The Kier molecular flexibility index (Phi) is 5.85. The number of sulfonamides is 1. The van der Waals surface area contributed by atoms with E-state index in [0.29, 0.717) is 24.5 Å². The lowest BCUT2D eigenvalue weighted by Gasteiger charge is -2.11. The van der Waals surface area contributed by atoms with Gasteiger partial charge in [-0.2, -0.15) is 0 Å². The Hall–Kier alpha value is -2.74. The normalized spacial score (nSPS) is 14.8. The van der Waals surface area contributed by atoms with E-state index in [2.05, 4.69) is 15.0 Å². The van der Waals surface area contributed by atoms with E-state index in [1.54, 1.807) is 6.07 Å². The molecule has 0 bridgehead atoms. The van der Waals surface area contributed by atoms with Gasteiger partial charge in [-0.05, 0) is 49.2 Å². The second kappa shape index (κ2) is 8.30. The maximum Gasteiger partial charge on any atom is 0.262 e. The van der Waals surface area contributed by atoms with Gasteiger partial charge in [-0.1, -0.05) is 18.6 Å². The maximum absolute atomic E-state index is 13.7. The van der Waals surface area contributed by atoms with Crippen molar-refractivity contribution in [1.82, 2.24) is 4.72 Å². The second-order valence-electron chi connectivity index (χ2n) is 6.20. The zero-order valence-electron chi connectivity index (χ0n) is 14.6. The van der Waals surface area contributed by atoms with Crippen LogP contribution in [0.3, 0.4) is 0 Å². The Morgan fingerprint density at radius 1 is 1.00 bits per heavy atom. The molecule has 1 aliphatic heterocycles. The number of aliphatic imine (C=N–C) groups is 1. The highest BCUT2D eigenvalue weighted by atomic mass is 32.2. The van der Waals surface area contributed by atoms with E-state index >= 15 is 0 Å². The van der Waals surface area contributed by atoms with E-state index in [0.717, 1.165) is 19.3 Å². The van der Waals surface area contributed by atoms with E-state index in [4.69, 9.17) is 0 Å². The van der Waals surface area contributed by atoms with Crippen LogP contribution in [-0.2, 0) is 10.0 Å². The predicted molar refractivity (Wildman–Crippen MR) is 102 cm³/mol. The molecule has 2 aromatic carbocycles. The number of nitrogens with zero attached hydrogens (tertiary/aromatic N) is 1. The van der Waals surface area contributed by atoms with Crippen molar-refractivity contribution in [3.05, 3.63) is 59.9 Å². The molecule has 0 fully saturated rings. The number of nitrogens with one attached hydrogen (secondary N) is 2. The third kappa shape index (κ3) is 4.91. The summed E-state index contributed by atoms with van der Waals surface area (Å²) in [6.45, 7) is 0.624. The number of amides is 1. The van der Waals surface area contributed by atoms with Gasteiger partial charge in [-0.25, -0.2) is 12.8 Å². The van der Waals surface area contributed by atoms with E-state index in [9.17, 15) is 17.6 Å². The lowest BCUT2D eigenvalue weighted by atomic mass is 10.2. The summed E-state index contributed by atoms with van der Waals surface area (Å²) in [5, 5.41) is 2.55. The number of hydrogen-bond donors (Lipinski definition) is 2. The largest absolute Gasteiger partial charge is 0.322 e. The first-order valence-corrected chi connectivity index (χ1v) is 10.2. The van der Waals surface area contributed by atoms with E-state index in [1.807, 2.05) is 0 Å². The van der Waals surface area contributed by atoms with Gasteiger partial charge in [0.1, 0.15) is 11.7 Å². The monoisotopic (exact) mass is 389 g/mol. The van der Waals surface area contributed by atoms with Crippen molar-refractivity contribution in [2.24, 2.45) is 4.99 Å². The van der Waals surface area contributed by atoms with Crippen molar-refractivity contribution in [2.75, 3.05) is 11.9 Å². The molecule has 0 saturated carbocycles. The van der Waals surface area contributed by atoms with Gasteiger partial charge in [0.25, 0.3) is 15.9 Å². The molecular formula is C19H20FN3O3S. The van der Waals surface area contributed by atoms with Crippen molar-refractivity contribution >= 4 is 27.5 Å². The number of halogens is 1. The van der Waals surface area contributed by atoms with Crippen LogP contribution >= 0.6 is 0 Å². The SMILES string of the molecule is O=C(Nc1ccc(S(=O)(=O)NC2=NCCCCC2)cc1)c1ccccc1F. The quantitative estimate of drug-likeness (QED) is 0.841. The summed E-state index contributed by atoms with van der Waals surface area (Å²) in [5.74, 6) is -0.748. The molecule has 0 saturated heterocycles. The first kappa shape index (κ1) is 19.0. The van der Waals surface area contributed by atoms with Crippen molar-refractivity contribution < 1.29 is 17.6 Å². The van der Waals surface area contributed by atoms with Gasteiger partial charge in [0.2, 0.25) is 0 Å². The Morgan fingerprint density at radius 2 is 1.74 bits per heavy atom. The second-order valence-corrected chi connectivity index (χ2v) is 7.89. The summed E-state index contributed by atoms with van der Waals surface area (Å²) in [6.07, 6.45) is 3.51. The molecule has 1 amide bonds. The number of hydrogen-bond acceptors (Lipinski definition) is 4. The minimum Gasteiger partial charge on any atom is -0.322 e. The van der Waals surface area contributed by atoms with Crippen molar-refractivity contribution in [2.45, 2.75) is 30.6 Å². The third-order valence-corrected chi connectivity index (χ3v) is 5.56. The first-order valence-electron chi connectivity index (χ1n) is 8.68. The number of anilines is 1. The van der Waals surface area contributed by atoms with Gasteiger partial charge in [0.05, 0.1) is 10.5 Å². The van der Waals surface area contributed by atoms with Crippen LogP contribution in [0.2, 0.25) is 0 Å². The van der Waals surface area contributed by atoms with Crippen LogP contribution < -0.4 is 10.0 Å². The fourth-order valence-corrected chi connectivity index (χ4v) is 3.82. The zero-order chi connectivity index (χ0) is 19.3. The summed E-state index contributed by atoms with van der Waals surface area (Å²) in [6, 6.07) is 11.3. The van der Waals surface area contributed by atoms with Gasteiger partial charge in [0, 0.05) is 18.7 Å². The minimum absolute atomic E-state index is 0.0679. The summed E-state index contributed by atoms with van der Waals surface area (Å²) in [5.41, 5.74) is 0.288. The van der Waals surface area contributed by atoms with E-state index in [-0.39, 0.29) is 10.5 Å². The predicted octanol–water partition coefficient (Wildman–Crippen LogP) is 3.33. The molecular weight excluding hydrogens is 369 g/mol. The van der Waals surface area contributed by atoms with Gasteiger partial charge < -0.3 is 5.32 Å². The van der Waals surface area contributed by atoms with Crippen LogP contribution in [0, 0.1) is 5.82 Å². The van der Waals surface area contributed by atoms with Crippen molar-refractivity contribution in [3.8, 4) is 0 Å². The molecule has 0 unspecified atom stereocenters. The maximum atomic E-state index is 13.7. The molecule has 2 aromatic rings. The highest BCUT2D eigenvalue weighted by Gasteiger charge is 2.17. The molecule has 1 heterocycles. The number of benzene rings is 2. The molecule has 2 N–H and O–H groups in total. The highest BCUT2D eigenvalue weighted by molar-refractivity contribution is 7.90. The Balaban J connectivity index is 1.70. The van der Waals surface area contributed by atoms with Crippen molar-refractivity contribution in [1.29, 1.82) is 0 Å². The number of carbonyl (C=O) groups is 1. The van der Waals surface area contributed by atoms with Gasteiger partial charge in [-0.3, -0.25) is 14.5 Å². The summed E-state index contributed by atoms with van der Waals surface area (Å²) in [4.78, 5) is 16.4. The molecule has 6 nitrogen and oxygen atoms in total. The Bertz CT molecular complexity index is 956. The molecule has 0 aromatic heterocycles. The van der Waals surface area contributed by atoms with Crippen LogP contribution in [0.15, 0.2) is 58.4 Å². The fraction of sp³-hybridized carbons (Fsp3) is 0.263. The number of amidine groups is 1. The molecule has 0 atom stereocenters. The van der Waals surface area contributed by atoms with Crippen LogP contribution in [0.4, 0.5) is 10.1 Å². The van der Waals surface area contributed by atoms with Gasteiger partial charge in [0.15, 0.2) is 0 Å². The Morgan fingerprint density at radius 3 is 2.48 bits per heavy atom. The molecule has 3 rings (SSSR count). The number of rotatable bonds is 4. The van der Waals surface area contributed by atoms with Crippen LogP contribution in [0.25, 0.3) is 0 Å². The lowest BCUT2D eigenvalue weighted by Crippen LogP contribution is -2.30. The van der Waals surface area contributed by atoms with Crippen LogP contribution in [-0.4, -0.2) is 26.7 Å². The summed E-state index contributed by atoms with van der Waals surface area (Å²) < 4.78 is 41.2. The van der Waals surface area contributed by atoms with Gasteiger partial charge >= 0.3 is 0 Å². The van der Waals surface area contributed by atoms with E-state index < -0.39 is 21.7 Å². The molecule has 8 heteroatoms.